The molecule has 96 valence electrons. The monoisotopic (exact) mass is 247 g/mol. The van der Waals surface area contributed by atoms with E-state index in [4.69, 9.17) is 0 Å². The molecular weight excluding hydrogens is 231 g/mol. The molecule has 0 amide bonds. The van der Waals surface area contributed by atoms with Crippen molar-refractivity contribution in [2.24, 2.45) is 5.92 Å². The van der Waals surface area contributed by atoms with Crippen LogP contribution in [0.2, 0.25) is 0 Å². The van der Waals surface area contributed by atoms with Gasteiger partial charge >= 0.3 is 6.18 Å². The first-order chi connectivity index (χ1) is 8.00. The maximum Gasteiger partial charge on any atom is 0.433 e. The number of hydrogen-bond acceptors (Lipinski definition) is 2. The van der Waals surface area contributed by atoms with Gasteiger partial charge in [-0.1, -0.05) is 6.92 Å². The average molecular weight is 247 g/mol. The SMILES string of the molecule is CC(c1cn[nH]c1C(F)(F)F)C1CCNCC1. The van der Waals surface area contributed by atoms with Crippen molar-refractivity contribution in [2.45, 2.75) is 31.9 Å². The minimum atomic E-state index is -4.34. The highest BCUT2D eigenvalue weighted by Crippen LogP contribution is 2.38. The van der Waals surface area contributed by atoms with Crippen molar-refractivity contribution >= 4 is 0 Å². The first kappa shape index (κ1) is 12.4. The van der Waals surface area contributed by atoms with E-state index in [0.29, 0.717) is 11.5 Å². The largest absolute Gasteiger partial charge is 0.433 e. The van der Waals surface area contributed by atoms with Crippen molar-refractivity contribution in [3.63, 3.8) is 0 Å². The molecule has 2 rings (SSSR count). The molecule has 0 radical (unpaired) electrons. The molecule has 1 aliphatic rings. The Labute approximate surface area is 97.8 Å². The van der Waals surface area contributed by atoms with Gasteiger partial charge in [0, 0.05) is 5.56 Å². The van der Waals surface area contributed by atoms with Gasteiger partial charge in [0.15, 0.2) is 0 Å². The Morgan fingerprint density at radius 3 is 2.59 bits per heavy atom. The first-order valence-corrected chi connectivity index (χ1v) is 5.81. The number of nitrogens with one attached hydrogen (secondary N) is 2. The second kappa shape index (κ2) is 4.68. The summed E-state index contributed by atoms with van der Waals surface area (Å²) in [5, 5.41) is 8.83. The molecule has 6 heteroatoms. The van der Waals surface area contributed by atoms with Crippen molar-refractivity contribution in [3.05, 3.63) is 17.5 Å². The van der Waals surface area contributed by atoms with Crippen molar-refractivity contribution < 1.29 is 13.2 Å². The predicted octanol–water partition coefficient (Wildman–Crippen LogP) is 2.53. The number of alkyl halides is 3. The molecule has 0 saturated carbocycles. The minimum absolute atomic E-state index is 0.104. The summed E-state index contributed by atoms with van der Waals surface area (Å²) in [5.41, 5.74) is -0.395. The van der Waals surface area contributed by atoms with Crippen molar-refractivity contribution in [2.75, 3.05) is 13.1 Å². The number of rotatable bonds is 2. The smallest absolute Gasteiger partial charge is 0.317 e. The minimum Gasteiger partial charge on any atom is -0.317 e. The molecule has 17 heavy (non-hydrogen) atoms. The number of aromatic nitrogens is 2. The fourth-order valence-corrected chi connectivity index (χ4v) is 2.47. The zero-order chi connectivity index (χ0) is 12.5. The van der Waals surface area contributed by atoms with Gasteiger partial charge in [0.05, 0.1) is 6.20 Å². The molecule has 1 atom stereocenters. The standard InChI is InChI=1S/C11H16F3N3/c1-7(8-2-4-15-5-3-8)9-6-16-17-10(9)11(12,13)14/h6-8,15H,2-5H2,1H3,(H,16,17). The maximum atomic E-state index is 12.7. The summed E-state index contributed by atoms with van der Waals surface area (Å²) in [6, 6.07) is 0. The van der Waals surface area contributed by atoms with E-state index >= 15 is 0 Å². The van der Waals surface area contributed by atoms with E-state index < -0.39 is 11.9 Å². The molecule has 1 aliphatic heterocycles. The topological polar surface area (TPSA) is 40.7 Å². The Balaban J connectivity index is 2.18. The van der Waals surface area contributed by atoms with Gasteiger partial charge in [-0.25, -0.2) is 0 Å². The lowest BCUT2D eigenvalue weighted by molar-refractivity contribution is -0.142. The fraction of sp³-hybridized carbons (Fsp3) is 0.727. The molecule has 1 aromatic heterocycles. The van der Waals surface area contributed by atoms with E-state index in [1.165, 1.54) is 6.20 Å². The molecule has 0 aromatic carbocycles. The van der Waals surface area contributed by atoms with Gasteiger partial charge in [0.1, 0.15) is 5.69 Å². The van der Waals surface area contributed by atoms with E-state index in [1.807, 2.05) is 6.92 Å². The molecule has 0 spiro atoms. The van der Waals surface area contributed by atoms with Crippen LogP contribution in [0.5, 0.6) is 0 Å². The summed E-state index contributed by atoms with van der Waals surface area (Å²) in [6.45, 7) is 3.62. The highest BCUT2D eigenvalue weighted by Gasteiger charge is 2.38. The lowest BCUT2D eigenvalue weighted by Gasteiger charge is -2.28. The Hall–Kier alpha value is -1.04. The number of hydrogen-bond donors (Lipinski definition) is 2. The van der Waals surface area contributed by atoms with Crippen LogP contribution in [0.3, 0.4) is 0 Å². The molecule has 2 heterocycles. The highest BCUT2D eigenvalue weighted by molar-refractivity contribution is 5.24. The molecule has 1 aromatic rings. The van der Waals surface area contributed by atoms with E-state index in [0.717, 1.165) is 25.9 Å². The molecule has 1 saturated heterocycles. The first-order valence-electron chi connectivity index (χ1n) is 5.81. The van der Waals surface area contributed by atoms with Crippen LogP contribution in [0.15, 0.2) is 6.20 Å². The second-order valence-corrected chi connectivity index (χ2v) is 4.57. The Morgan fingerprint density at radius 2 is 2.00 bits per heavy atom. The molecule has 1 fully saturated rings. The third-order valence-corrected chi connectivity index (χ3v) is 3.53. The number of halogens is 3. The zero-order valence-corrected chi connectivity index (χ0v) is 9.64. The molecular formula is C11H16F3N3. The number of H-pyrrole nitrogens is 1. The van der Waals surface area contributed by atoms with Crippen LogP contribution < -0.4 is 5.32 Å². The van der Waals surface area contributed by atoms with E-state index in [9.17, 15) is 13.2 Å². The van der Waals surface area contributed by atoms with Crippen molar-refractivity contribution in [3.8, 4) is 0 Å². The second-order valence-electron chi connectivity index (χ2n) is 4.57. The maximum absolute atomic E-state index is 12.7. The van der Waals surface area contributed by atoms with Gasteiger partial charge in [0.2, 0.25) is 0 Å². The van der Waals surface area contributed by atoms with Crippen LogP contribution in [0.4, 0.5) is 13.2 Å². The van der Waals surface area contributed by atoms with E-state index in [1.54, 1.807) is 0 Å². The summed E-state index contributed by atoms with van der Waals surface area (Å²) >= 11 is 0. The highest BCUT2D eigenvalue weighted by atomic mass is 19.4. The van der Waals surface area contributed by atoms with Gasteiger partial charge in [-0.05, 0) is 37.8 Å². The van der Waals surface area contributed by atoms with E-state index in [2.05, 4.69) is 15.5 Å². The Morgan fingerprint density at radius 1 is 1.35 bits per heavy atom. The van der Waals surface area contributed by atoms with Crippen LogP contribution in [-0.4, -0.2) is 23.3 Å². The number of nitrogens with zero attached hydrogens (tertiary/aromatic N) is 1. The predicted molar refractivity (Wildman–Crippen MR) is 57.6 cm³/mol. The Kier molecular flexibility index (Phi) is 3.42. The lowest BCUT2D eigenvalue weighted by Crippen LogP contribution is -2.30. The van der Waals surface area contributed by atoms with Gasteiger partial charge in [-0.15, -0.1) is 0 Å². The average Bonchev–Trinajstić information content (AvgIpc) is 2.78. The normalized spacial score (nSPS) is 20.5. The van der Waals surface area contributed by atoms with Gasteiger partial charge < -0.3 is 5.32 Å². The molecule has 1 unspecified atom stereocenters. The summed E-state index contributed by atoms with van der Waals surface area (Å²) in [5.74, 6) is 0.197. The molecule has 0 aliphatic carbocycles. The summed E-state index contributed by atoms with van der Waals surface area (Å²) in [7, 11) is 0. The lowest BCUT2D eigenvalue weighted by atomic mass is 9.82. The summed E-state index contributed by atoms with van der Waals surface area (Å²) in [4.78, 5) is 0. The van der Waals surface area contributed by atoms with Crippen LogP contribution in [-0.2, 0) is 6.18 Å². The number of piperidine rings is 1. The third-order valence-electron chi connectivity index (χ3n) is 3.53. The van der Waals surface area contributed by atoms with Crippen LogP contribution >= 0.6 is 0 Å². The summed E-state index contributed by atoms with van der Waals surface area (Å²) < 4.78 is 38.2. The van der Waals surface area contributed by atoms with E-state index in [-0.39, 0.29) is 5.92 Å². The Bertz CT molecular complexity index is 366. The third kappa shape index (κ3) is 2.62. The molecule has 0 bridgehead atoms. The van der Waals surface area contributed by atoms with Crippen LogP contribution in [0, 0.1) is 5.92 Å². The molecule has 2 N–H and O–H groups in total. The van der Waals surface area contributed by atoms with Crippen molar-refractivity contribution in [1.82, 2.24) is 15.5 Å². The van der Waals surface area contributed by atoms with Crippen LogP contribution in [0.25, 0.3) is 0 Å². The van der Waals surface area contributed by atoms with Gasteiger partial charge in [-0.2, -0.15) is 18.3 Å². The quantitative estimate of drug-likeness (QED) is 0.843. The van der Waals surface area contributed by atoms with Crippen LogP contribution in [0.1, 0.15) is 36.9 Å². The zero-order valence-electron chi connectivity index (χ0n) is 9.64. The molecule has 3 nitrogen and oxygen atoms in total. The number of aromatic amines is 1. The summed E-state index contributed by atoms with van der Waals surface area (Å²) in [6.07, 6.45) is -1.18. The van der Waals surface area contributed by atoms with Gasteiger partial charge in [-0.3, -0.25) is 5.10 Å². The fourth-order valence-electron chi connectivity index (χ4n) is 2.47. The van der Waals surface area contributed by atoms with Gasteiger partial charge in [0.25, 0.3) is 0 Å². The van der Waals surface area contributed by atoms with Crippen molar-refractivity contribution in [1.29, 1.82) is 0 Å².